The summed E-state index contributed by atoms with van der Waals surface area (Å²) in [6.07, 6.45) is 0.744. The van der Waals surface area contributed by atoms with Gasteiger partial charge in [-0.15, -0.1) is 0 Å². The first-order chi connectivity index (χ1) is 10.5. The van der Waals surface area contributed by atoms with Crippen molar-refractivity contribution in [3.63, 3.8) is 0 Å². The molecule has 1 aromatic rings. The number of carbonyl (C=O) groups excluding carboxylic acids is 2. The van der Waals surface area contributed by atoms with Gasteiger partial charge in [-0.25, -0.2) is 4.39 Å². The first-order valence-electron chi connectivity index (χ1n) is 7.47. The molecule has 2 amide bonds. The van der Waals surface area contributed by atoms with Gasteiger partial charge in [0.2, 0.25) is 11.8 Å². The van der Waals surface area contributed by atoms with Gasteiger partial charge in [-0.05, 0) is 24.1 Å². The van der Waals surface area contributed by atoms with Crippen LogP contribution in [0.4, 0.5) is 4.39 Å². The van der Waals surface area contributed by atoms with Crippen molar-refractivity contribution in [2.75, 3.05) is 33.2 Å². The molecule has 1 aromatic carbocycles. The number of piperazine rings is 1. The monoisotopic (exact) mass is 307 g/mol. The molecule has 5 nitrogen and oxygen atoms in total. The molecule has 1 aliphatic heterocycles. The molecule has 1 heterocycles. The molecule has 1 atom stereocenters. The Bertz CT molecular complexity index is 533. The number of benzene rings is 1. The van der Waals surface area contributed by atoms with E-state index in [0.29, 0.717) is 26.2 Å². The van der Waals surface area contributed by atoms with E-state index in [-0.39, 0.29) is 23.7 Å². The second-order valence-corrected chi connectivity index (χ2v) is 5.51. The van der Waals surface area contributed by atoms with Crippen molar-refractivity contribution < 1.29 is 14.0 Å². The second kappa shape index (κ2) is 7.35. The van der Waals surface area contributed by atoms with Gasteiger partial charge in [0.15, 0.2) is 0 Å². The normalized spacial score (nSPS) is 19.0. The van der Waals surface area contributed by atoms with Crippen LogP contribution in [0.15, 0.2) is 24.3 Å². The predicted octanol–water partition coefficient (Wildman–Crippen LogP) is 0.647. The van der Waals surface area contributed by atoms with Crippen LogP contribution >= 0.6 is 0 Å². The highest BCUT2D eigenvalue weighted by Crippen LogP contribution is 2.12. The molecule has 0 saturated carbocycles. The van der Waals surface area contributed by atoms with Gasteiger partial charge in [-0.3, -0.25) is 14.5 Å². The van der Waals surface area contributed by atoms with E-state index in [0.717, 1.165) is 12.0 Å². The number of nitrogens with one attached hydrogen (secondary N) is 1. The van der Waals surface area contributed by atoms with Gasteiger partial charge in [0.05, 0.1) is 0 Å². The zero-order chi connectivity index (χ0) is 16.1. The number of carbonyl (C=O) groups is 2. The van der Waals surface area contributed by atoms with E-state index in [9.17, 15) is 14.0 Å². The molecular formula is C16H22FN3O2. The van der Waals surface area contributed by atoms with Gasteiger partial charge in [0.1, 0.15) is 11.9 Å². The summed E-state index contributed by atoms with van der Waals surface area (Å²) in [4.78, 5) is 27.4. The van der Waals surface area contributed by atoms with Crippen molar-refractivity contribution in [3.05, 3.63) is 35.6 Å². The highest BCUT2D eigenvalue weighted by Gasteiger charge is 2.32. The van der Waals surface area contributed by atoms with Crippen LogP contribution in [0, 0.1) is 5.82 Å². The molecule has 0 aliphatic carbocycles. The lowest BCUT2D eigenvalue weighted by Gasteiger charge is -2.40. The summed E-state index contributed by atoms with van der Waals surface area (Å²) in [5.41, 5.74) is 1.03. The summed E-state index contributed by atoms with van der Waals surface area (Å²) in [7, 11) is 1.60. The number of likely N-dealkylation sites (N-methyl/N-ethyl adjacent to an activating group) is 1. The number of hydrogen-bond donors (Lipinski definition) is 1. The molecule has 0 aromatic heterocycles. The Hall–Kier alpha value is -1.95. The molecule has 1 N–H and O–H groups in total. The van der Waals surface area contributed by atoms with Gasteiger partial charge < -0.3 is 10.2 Å². The van der Waals surface area contributed by atoms with E-state index in [2.05, 4.69) is 10.2 Å². The van der Waals surface area contributed by atoms with Gasteiger partial charge >= 0.3 is 0 Å². The predicted molar refractivity (Wildman–Crippen MR) is 81.8 cm³/mol. The van der Waals surface area contributed by atoms with Crippen molar-refractivity contribution in [1.29, 1.82) is 0 Å². The van der Waals surface area contributed by atoms with Crippen LogP contribution < -0.4 is 5.32 Å². The van der Waals surface area contributed by atoms with Gasteiger partial charge in [-0.2, -0.15) is 0 Å². The third-order valence-electron chi connectivity index (χ3n) is 4.09. The molecule has 0 spiro atoms. The third kappa shape index (κ3) is 4.04. The first-order valence-corrected chi connectivity index (χ1v) is 7.47. The quantitative estimate of drug-likeness (QED) is 0.888. The Balaban J connectivity index is 1.99. The highest BCUT2D eigenvalue weighted by molar-refractivity contribution is 5.83. The largest absolute Gasteiger partial charge is 0.358 e. The van der Waals surface area contributed by atoms with Gasteiger partial charge in [0.25, 0.3) is 0 Å². The average molecular weight is 307 g/mol. The maximum Gasteiger partial charge on any atom is 0.238 e. The van der Waals surface area contributed by atoms with Crippen LogP contribution in [0.25, 0.3) is 0 Å². The van der Waals surface area contributed by atoms with E-state index in [1.165, 1.54) is 19.1 Å². The van der Waals surface area contributed by atoms with Gasteiger partial charge in [0, 0.05) is 40.2 Å². The number of nitrogens with zero attached hydrogens (tertiary/aromatic N) is 2. The van der Waals surface area contributed by atoms with Crippen LogP contribution in [-0.4, -0.2) is 60.9 Å². The van der Waals surface area contributed by atoms with Crippen molar-refractivity contribution >= 4 is 11.8 Å². The number of rotatable bonds is 4. The molecule has 120 valence electrons. The summed E-state index contributed by atoms with van der Waals surface area (Å²) in [6.45, 7) is 3.94. The average Bonchev–Trinajstić information content (AvgIpc) is 2.53. The van der Waals surface area contributed by atoms with E-state index < -0.39 is 0 Å². The van der Waals surface area contributed by atoms with E-state index in [1.54, 1.807) is 24.1 Å². The standard InChI is InChI=1S/C16H22FN3O2/c1-12(21)20-10-9-19(15(11-20)16(22)18-2)8-7-13-3-5-14(17)6-4-13/h3-6,15H,7-11H2,1-2H3,(H,18,22). The lowest BCUT2D eigenvalue weighted by molar-refractivity contribution is -0.136. The van der Waals surface area contributed by atoms with Crippen molar-refractivity contribution in [1.82, 2.24) is 15.1 Å². The lowest BCUT2D eigenvalue weighted by Crippen LogP contribution is -2.59. The number of amides is 2. The summed E-state index contributed by atoms with van der Waals surface area (Å²) in [5.74, 6) is -0.334. The Morgan fingerprint density at radius 3 is 2.55 bits per heavy atom. The van der Waals surface area contributed by atoms with Crippen LogP contribution in [-0.2, 0) is 16.0 Å². The van der Waals surface area contributed by atoms with Crippen LogP contribution in [0.5, 0.6) is 0 Å². The number of hydrogen-bond acceptors (Lipinski definition) is 3. The molecular weight excluding hydrogens is 285 g/mol. The summed E-state index contributed by atoms with van der Waals surface area (Å²) < 4.78 is 12.9. The maximum atomic E-state index is 12.9. The second-order valence-electron chi connectivity index (χ2n) is 5.51. The minimum absolute atomic E-state index is 0.00733. The van der Waals surface area contributed by atoms with Crippen LogP contribution in [0.1, 0.15) is 12.5 Å². The van der Waals surface area contributed by atoms with E-state index in [4.69, 9.17) is 0 Å². The molecule has 1 saturated heterocycles. The number of halogens is 1. The van der Waals surface area contributed by atoms with E-state index >= 15 is 0 Å². The van der Waals surface area contributed by atoms with Crippen molar-refractivity contribution in [3.8, 4) is 0 Å². The lowest BCUT2D eigenvalue weighted by atomic mass is 10.1. The highest BCUT2D eigenvalue weighted by atomic mass is 19.1. The summed E-state index contributed by atoms with van der Waals surface area (Å²) in [5, 5.41) is 2.66. The molecule has 0 radical (unpaired) electrons. The topological polar surface area (TPSA) is 52.7 Å². The van der Waals surface area contributed by atoms with E-state index in [1.807, 2.05) is 0 Å². The molecule has 2 rings (SSSR count). The Labute approximate surface area is 130 Å². The summed E-state index contributed by atoms with van der Waals surface area (Å²) >= 11 is 0. The SMILES string of the molecule is CNC(=O)C1CN(C(C)=O)CCN1CCc1ccc(F)cc1. The zero-order valence-electron chi connectivity index (χ0n) is 13.0. The Morgan fingerprint density at radius 2 is 1.95 bits per heavy atom. The minimum atomic E-state index is -0.330. The smallest absolute Gasteiger partial charge is 0.238 e. The van der Waals surface area contributed by atoms with Crippen molar-refractivity contribution in [2.24, 2.45) is 0 Å². The van der Waals surface area contributed by atoms with Gasteiger partial charge in [-0.1, -0.05) is 12.1 Å². The fraction of sp³-hybridized carbons (Fsp3) is 0.500. The third-order valence-corrected chi connectivity index (χ3v) is 4.09. The first kappa shape index (κ1) is 16.4. The molecule has 6 heteroatoms. The zero-order valence-corrected chi connectivity index (χ0v) is 13.0. The fourth-order valence-electron chi connectivity index (χ4n) is 2.71. The Morgan fingerprint density at radius 1 is 1.27 bits per heavy atom. The minimum Gasteiger partial charge on any atom is -0.358 e. The van der Waals surface area contributed by atoms with Crippen LogP contribution in [0.2, 0.25) is 0 Å². The van der Waals surface area contributed by atoms with Crippen molar-refractivity contribution in [2.45, 2.75) is 19.4 Å². The molecule has 1 aliphatic rings. The molecule has 1 fully saturated rings. The molecule has 1 unspecified atom stereocenters. The summed E-state index contributed by atoms with van der Waals surface area (Å²) in [6, 6.07) is 6.08. The maximum absolute atomic E-state index is 12.9. The molecule has 22 heavy (non-hydrogen) atoms. The Kier molecular flexibility index (Phi) is 5.49. The molecule has 0 bridgehead atoms. The van der Waals surface area contributed by atoms with Crippen LogP contribution in [0.3, 0.4) is 0 Å². The fourth-order valence-corrected chi connectivity index (χ4v) is 2.71.